The van der Waals surface area contributed by atoms with Crippen molar-refractivity contribution in [2.45, 2.75) is 31.3 Å². The normalized spacial score (nSPS) is 26.3. The predicted octanol–water partition coefficient (Wildman–Crippen LogP) is 0.608. The van der Waals surface area contributed by atoms with E-state index < -0.39 is 11.5 Å². The van der Waals surface area contributed by atoms with Gasteiger partial charge in [-0.25, -0.2) is 4.98 Å². The van der Waals surface area contributed by atoms with Gasteiger partial charge in [0.1, 0.15) is 5.82 Å². The van der Waals surface area contributed by atoms with Crippen molar-refractivity contribution in [2.24, 2.45) is 5.73 Å². The summed E-state index contributed by atoms with van der Waals surface area (Å²) in [6.07, 6.45) is 6.07. The Hall–Kier alpha value is -1.66. The van der Waals surface area contributed by atoms with Crippen LogP contribution in [0.4, 0.5) is 5.82 Å². The molecule has 0 bridgehead atoms. The van der Waals surface area contributed by atoms with Crippen LogP contribution in [0.2, 0.25) is 0 Å². The summed E-state index contributed by atoms with van der Waals surface area (Å²) >= 11 is 0. The van der Waals surface area contributed by atoms with Gasteiger partial charge in [0, 0.05) is 25.8 Å². The van der Waals surface area contributed by atoms with Crippen molar-refractivity contribution in [3.05, 3.63) is 23.9 Å². The number of rotatable bonds is 4. The number of nitrogens with two attached hydrogens (primary N) is 1. The molecule has 2 aliphatic heterocycles. The zero-order valence-electron chi connectivity index (χ0n) is 12.9. The van der Waals surface area contributed by atoms with Crippen molar-refractivity contribution in [3.8, 4) is 0 Å². The van der Waals surface area contributed by atoms with E-state index >= 15 is 0 Å². The van der Waals surface area contributed by atoms with Crippen molar-refractivity contribution in [1.29, 1.82) is 0 Å². The van der Waals surface area contributed by atoms with Crippen LogP contribution in [0.5, 0.6) is 0 Å². The van der Waals surface area contributed by atoms with Gasteiger partial charge in [-0.3, -0.25) is 4.79 Å². The van der Waals surface area contributed by atoms with Crippen LogP contribution in [0.1, 0.15) is 36.0 Å². The summed E-state index contributed by atoms with van der Waals surface area (Å²) < 4.78 is 0. The fraction of sp³-hybridized carbons (Fsp3) is 0.625. The molecule has 6 heteroatoms. The number of carbonyl (C=O) groups is 1. The van der Waals surface area contributed by atoms with Gasteiger partial charge in [0.25, 0.3) is 5.91 Å². The van der Waals surface area contributed by atoms with Crippen molar-refractivity contribution in [2.75, 3.05) is 37.6 Å². The molecule has 6 nitrogen and oxygen atoms in total. The molecule has 0 aromatic carbocycles. The highest BCUT2D eigenvalue weighted by Crippen LogP contribution is 2.29. The molecule has 0 unspecified atom stereocenters. The fourth-order valence-electron chi connectivity index (χ4n) is 3.54. The third-order valence-electron chi connectivity index (χ3n) is 4.65. The fourth-order valence-corrected chi connectivity index (χ4v) is 3.54. The third-order valence-corrected chi connectivity index (χ3v) is 4.65. The average Bonchev–Trinajstić information content (AvgIpc) is 2.90. The van der Waals surface area contributed by atoms with Crippen LogP contribution < -0.4 is 10.6 Å². The highest BCUT2D eigenvalue weighted by Gasteiger charge is 2.39. The largest absolute Gasteiger partial charge is 0.387 e. The summed E-state index contributed by atoms with van der Waals surface area (Å²) in [4.78, 5) is 20.2. The minimum absolute atomic E-state index is 0.421. The topological polar surface area (TPSA) is 82.7 Å². The van der Waals surface area contributed by atoms with Gasteiger partial charge in [-0.2, -0.15) is 0 Å². The van der Waals surface area contributed by atoms with E-state index in [2.05, 4.69) is 9.88 Å². The van der Waals surface area contributed by atoms with E-state index in [9.17, 15) is 9.90 Å². The molecule has 3 N–H and O–H groups in total. The number of β-amino-alcohol motifs (C(OH)–C–C–N with tert-alkyl or cyclic N) is 1. The molecule has 3 heterocycles. The SMILES string of the molecule is NC(=O)c1cccnc1N1CC[C@@](O)(CN2CCCCC2)C1. The summed E-state index contributed by atoms with van der Waals surface area (Å²) in [5, 5.41) is 10.9. The Labute approximate surface area is 130 Å². The zero-order valence-corrected chi connectivity index (χ0v) is 12.9. The number of likely N-dealkylation sites (tertiary alicyclic amines) is 1. The van der Waals surface area contributed by atoms with Gasteiger partial charge < -0.3 is 20.6 Å². The molecule has 2 saturated heterocycles. The van der Waals surface area contributed by atoms with E-state index in [4.69, 9.17) is 5.73 Å². The van der Waals surface area contributed by atoms with Crippen LogP contribution in [-0.4, -0.2) is 59.2 Å². The number of hydrogen-bond donors (Lipinski definition) is 2. The first-order valence-corrected chi connectivity index (χ1v) is 8.02. The molecule has 1 aromatic heterocycles. The number of carbonyl (C=O) groups excluding carboxylic acids is 1. The number of primary amides is 1. The van der Waals surface area contributed by atoms with Crippen LogP contribution in [0, 0.1) is 0 Å². The molecule has 1 atom stereocenters. The maximum atomic E-state index is 11.5. The molecule has 1 aromatic rings. The second-order valence-corrected chi connectivity index (χ2v) is 6.47. The maximum Gasteiger partial charge on any atom is 0.252 e. The van der Waals surface area contributed by atoms with E-state index in [0.29, 0.717) is 37.4 Å². The third kappa shape index (κ3) is 3.23. The predicted molar refractivity (Wildman–Crippen MR) is 84.8 cm³/mol. The lowest BCUT2D eigenvalue weighted by Crippen LogP contribution is -2.47. The first-order chi connectivity index (χ1) is 10.6. The molecule has 0 spiro atoms. The van der Waals surface area contributed by atoms with Gasteiger partial charge in [-0.15, -0.1) is 0 Å². The lowest BCUT2D eigenvalue weighted by atomic mass is 10.0. The number of nitrogens with zero attached hydrogens (tertiary/aromatic N) is 3. The summed E-state index contributed by atoms with van der Waals surface area (Å²) in [6, 6.07) is 3.40. The Morgan fingerprint density at radius 3 is 2.82 bits per heavy atom. The zero-order chi connectivity index (χ0) is 15.6. The lowest BCUT2D eigenvalue weighted by Gasteiger charge is -2.33. The van der Waals surface area contributed by atoms with Crippen LogP contribution in [0.25, 0.3) is 0 Å². The molecular formula is C16H24N4O2. The number of aromatic nitrogens is 1. The molecule has 1 amide bonds. The summed E-state index contributed by atoms with van der Waals surface area (Å²) in [5.74, 6) is 0.110. The monoisotopic (exact) mass is 304 g/mol. The van der Waals surface area contributed by atoms with Gasteiger partial charge in [-0.05, 0) is 44.5 Å². The average molecular weight is 304 g/mol. The Bertz CT molecular complexity index is 545. The summed E-state index contributed by atoms with van der Waals surface area (Å²) in [6.45, 7) is 4.03. The first-order valence-electron chi connectivity index (χ1n) is 8.02. The van der Waals surface area contributed by atoms with Crippen molar-refractivity contribution < 1.29 is 9.90 Å². The molecule has 0 aliphatic carbocycles. The first kappa shape index (κ1) is 15.2. The Morgan fingerprint density at radius 1 is 1.32 bits per heavy atom. The standard InChI is InChI=1S/C16H24N4O2/c17-14(21)13-5-4-7-18-15(13)20-10-6-16(22,12-20)11-19-8-2-1-3-9-19/h4-5,7,22H,1-3,6,8-12H2,(H2,17,21)/t16-/m1/s1. The minimum Gasteiger partial charge on any atom is -0.387 e. The van der Waals surface area contributed by atoms with Gasteiger partial charge in [0.05, 0.1) is 11.2 Å². The number of anilines is 1. The molecule has 22 heavy (non-hydrogen) atoms. The number of aliphatic hydroxyl groups is 1. The number of pyridine rings is 1. The minimum atomic E-state index is -0.732. The van der Waals surface area contributed by atoms with Gasteiger partial charge in [-0.1, -0.05) is 6.42 Å². The van der Waals surface area contributed by atoms with E-state index in [0.717, 1.165) is 13.1 Å². The smallest absolute Gasteiger partial charge is 0.252 e. The Kier molecular flexibility index (Phi) is 4.31. The maximum absolute atomic E-state index is 11.5. The molecule has 3 rings (SSSR count). The van der Waals surface area contributed by atoms with Crippen molar-refractivity contribution in [1.82, 2.24) is 9.88 Å². The van der Waals surface area contributed by atoms with E-state index in [-0.39, 0.29) is 0 Å². The van der Waals surface area contributed by atoms with E-state index in [1.165, 1.54) is 19.3 Å². The Morgan fingerprint density at radius 2 is 2.09 bits per heavy atom. The Balaban J connectivity index is 1.70. The van der Waals surface area contributed by atoms with Gasteiger partial charge >= 0.3 is 0 Å². The lowest BCUT2D eigenvalue weighted by molar-refractivity contribution is 0.0169. The highest BCUT2D eigenvalue weighted by atomic mass is 16.3. The summed E-state index contributed by atoms with van der Waals surface area (Å²) in [5.41, 5.74) is 5.11. The molecule has 120 valence electrons. The molecule has 2 aliphatic rings. The van der Waals surface area contributed by atoms with E-state index in [1.54, 1.807) is 18.3 Å². The number of amides is 1. The van der Waals surface area contributed by atoms with Gasteiger partial charge in [0.15, 0.2) is 0 Å². The van der Waals surface area contributed by atoms with Crippen LogP contribution >= 0.6 is 0 Å². The molecular weight excluding hydrogens is 280 g/mol. The van der Waals surface area contributed by atoms with Crippen LogP contribution in [0.3, 0.4) is 0 Å². The quantitative estimate of drug-likeness (QED) is 0.851. The van der Waals surface area contributed by atoms with E-state index in [1.807, 2.05) is 4.90 Å². The van der Waals surface area contributed by atoms with Crippen LogP contribution in [0.15, 0.2) is 18.3 Å². The second kappa shape index (κ2) is 6.22. The number of piperidine rings is 1. The van der Waals surface area contributed by atoms with Crippen LogP contribution in [-0.2, 0) is 0 Å². The van der Waals surface area contributed by atoms with Crippen molar-refractivity contribution in [3.63, 3.8) is 0 Å². The summed E-state index contributed by atoms with van der Waals surface area (Å²) in [7, 11) is 0. The second-order valence-electron chi connectivity index (χ2n) is 6.47. The highest BCUT2D eigenvalue weighted by molar-refractivity contribution is 5.97. The molecule has 0 saturated carbocycles. The van der Waals surface area contributed by atoms with Gasteiger partial charge in [0.2, 0.25) is 0 Å². The number of hydrogen-bond acceptors (Lipinski definition) is 5. The molecule has 0 radical (unpaired) electrons. The molecule has 2 fully saturated rings. The van der Waals surface area contributed by atoms with Crippen molar-refractivity contribution >= 4 is 11.7 Å².